The molecule has 0 radical (unpaired) electrons. The van der Waals surface area contributed by atoms with Crippen molar-refractivity contribution in [2.45, 2.75) is 19.0 Å². The molecule has 0 saturated carbocycles. The van der Waals surface area contributed by atoms with Crippen molar-refractivity contribution in [1.82, 2.24) is 5.32 Å². The van der Waals surface area contributed by atoms with Gasteiger partial charge in [0.1, 0.15) is 6.04 Å². The minimum absolute atomic E-state index is 0.425. The van der Waals surface area contributed by atoms with E-state index in [1.54, 1.807) is 0 Å². The number of hydrogen-bond acceptors (Lipinski definition) is 4. The van der Waals surface area contributed by atoms with E-state index in [0.29, 0.717) is 19.5 Å². The minimum Gasteiger partial charge on any atom is -0.480 e. The van der Waals surface area contributed by atoms with Crippen molar-refractivity contribution in [2.24, 2.45) is 5.73 Å². The monoisotopic (exact) mass is 248 g/mol. The van der Waals surface area contributed by atoms with E-state index >= 15 is 0 Å². The van der Waals surface area contributed by atoms with Crippen LogP contribution in [-0.4, -0.2) is 23.7 Å². The van der Waals surface area contributed by atoms with Crippen molar-refractivity contribution < 1.29 is 9.90 Å². The molecule has 0 aliphatic heterocycles. The Kier molecular flexibility index (Phi) is 5.04. The lowest BCUT2D eigenvalue weighted by Gasteiger charge is -2.06. The molecule has 0 spiro atoms. The highest BCUT2D eigenvalue weighted by atomic mass is 35.5. The zero-order chi connectivity index (χ0) is 11.3. The van der Waals surface area contributed by atoms with Crippen LogP contribution < -0.4 is 11.1 Å². The zero-order valence-electron chi connectivity index (χ0n) is 8.07. The van der Waals surface area contributed by atoms with Crippen LogP contribution >= 0.6 is 22.9 Å². The average Bonchev–Trinajstić information content (AvgIpc) is 2.58. The second-order valence-electron chi connectivity index (χ2n) is 3.12. The molecule has 15 heavy (non-hydrogen) atoms. The van der Waals surface area contributed by atoms with E-state index < -0.39 is 12.0 Å². The molecule has 1 atom stereocenters. The SMILES string of the molecule is NC(CCNCc1ccc(Cl)s1)C(=O)O. The van der Waals surface area contributed by atoms with Gasteiger partial charge in [0.2, 0.25) is 0 Å². The van der Waals surface area contributed by atoms with Crippen LogP contribution in [0.15, 0.2) is 12.1 Å². The van der Waals surface area contributed by atoms with Crippen LogP contribution in [-0.2, 0) is 11.3 Å². The summed E-state index contributed by atoms with van der Waals surface area (Å²) >= 11 is 7.27. The van der Waals surface area contributed by atoms with Gasteiger partial charge in [-0.1, -0.05) is 11.6 Å². The highest BCUT2D eigenvalue weighted by Crippen LogP contribution is 2.20. The number of nitrogens with one attached hydrogen (secondary N) is 1. The highest BCUT2D eigenvalue weighted by molar-refractivity contribution is 7.16. The molecule has 0 saturated heterocycles. The molecule has 84 valence electrons. The first-order chi connectivity index (χ1) is 7.09. The fourth-order valence-electron chi connectivity index (χ4n) is 1.04. The van der Waals surface area contributed by atoms with E-state index in [9.17, 15) is 4.79 Å². The van der Waals surface area contributed by atoms with E-state index in [-0.39, 0.29) is 0 Å². The number of nitrogens with two attached hydrogens (primary N) is 1. The Morgan fingerprint density at radius 2 is 2.40 bits per heavy atom. The molecule has 4 nitrogen and oxygen atoms in total. The third-order valence-electron chi connectivity index (χ3n) is 1.88. The predicted molar refractivity (Wildman–Crippen MR) is 61.3 cm³/mol. The number of carboxylic acid groups (broad SMARTS) is 1. The first-order valence-electron chi connectivity index (χ1n) is 4.53. The zero-order valence-corrected chi connectivity index (χ0v) is 9.64. The van der Waals surface area contributed by atoms with Gasteiger partial charge in [0.15, 0.2) is 0 Å². The third kappa shape index (κ3) is 4.61. The fraction of sp³-hybridized carbons (Fsp3) is 0.444. The summed E-state index contributed by atoms with van der Waals surface area (Å²) in [5.74, 6) is -0.962. The summed E-state index contributed by atoms with van der Waals surface area (Å²) in [6, 6.07) is 2.99. The summed E-state index contributed by atoms with van der Waals surface area (Å²) in [7, 11) is 0. The Balaban J connectivity index is 2.14. The molecule has 1 aromatic rings. The summed E-state index contributed by atoms with van der Waals surface area (Å²) in [5, 5.41) is 11.6. The lowest BCUT2D eigenvalue weighted by molar-refractivity contribution is -0.138. The molecule has 0 fully saturated rings. The van der Waals surface area contributed by atoms with Crippen LogP contribution in [0.4, 0.5) is 0 Å². The Morgan fingerprint density at radius 1 is 1.67 bits per heavy atom. The first kappa shape index (κ1) is 12.4. The van der Waals surface area contributed by atoms with Crippen molar-refractivity contribution in [3.63, 3.8) is 0 Å². The first-order valence-corrected chi connectivity index (χ1v) is 5.72. The Labute approximate surface area is 97.0 Å². The second-order valence-corrected chi connectivity index (χ2v) is 4.92. The number of carbonyl (C=O) groups is 1. The van der Waals surface area contributed by atoms with Crippen LogP contribution in [0.5, 0.6) is 0 Å². The van der Waals surface area contributed by atoms with Crippen LogP contribution in [0.25, 0.3) is 0 Å². The summed E-state index contributed by atoms with van der Waals surface area (Å²) in [6.07, 6.45) is 0.425. The number of halogens is 1. The molecular formula is C9H13ClN2O2S. The standard InChI is InChI=1S/C9H13ClN2O2S/c10-8-2-1-6(15-8)5-12-4-3-7(11)9(13)14/h1-2,7,12H,3-5,11H2,(H,13,14). The summed E-state index contributed by atoms with van der Waals surface area (Å²) < 4.78 is 0.758. The molecular weight excluding hydrogens is 236 g/mol. The van der Waals surface area contributed by atoms with Gasteiger partial charge < -0.3 is 16.2 Å². The van der Waals surface area contributed by atoms with Crippen molar-refractivity contribution in [3.8, 4) is 0 Å². The number of hydrogen-bond donors (Lipinski definition) is 3. The Hall–Kier alpha value is -0.620. The van der Waals surface area contributed by atoms with Crippen LogP contribution in [0.2, 0.25) is 4.34 Å². The molecule has 0 aliphatic rings. The maximum atomic E-state index is 10.4. The lowest BCUT2D eigenvalue weighted by Crippen LogP contribution is -2.33. The average molecular weight is 249 g/mol. The van der Waals surface area contributed by atoms with Gasteiger partial charge in [-0.3, -0.25) is 4.79 Å². The lowest BCUT2D eigenvalue weighted by atomic mass is 10.2. The number of thiophene rings is 1. The normalized spacial score (nSPS) is 12.7. The topological polar surface area (TPSA) is 75.3 Å². The molecule has 6 heteroatoms. The fourth-order valence-corrected chi connectivity index (χ4v) is 2.10. The van der Waals surface area contributed by atoms with Crippen LogP contribution in [0, 0.1) is 0 Å². The van der Waals surface area contributed by atoms with Gasteiger partial charge in [0.25, 0.3) is 0 Å². The molecule has 1 unspecified atom stereocenters. The van der Waals surface area contributed by atoms with Crippen LogP contribution in [0.3, 0.4) is 0 Å². The van der Waals surface area contributed by atoms with Crippen LogP contribution in [0.1, 0.15) is 11.3 Å². The van der Waals surface area contributed by atoms with Gasteiger partial charge in [-0.15, -0.1) is 11.3 Å². The van der Waals surface area contributed by atoms with Crippen molar-refractivity contribution >= 4 is 28.9 Å². The molecule has 1 rings (SSSR count). The highest BCUT2D eigenvalue weighted by Gasteiger charge is 2.09. The van der Waals surface area contributed by atoms with Gasteiger partial charge in [0, 0.05) is 11.4 Å². The maximum absolute atomic E-state index is 10.4. The van der Waals surface area contributed by atoms with Crippen molar-refractivity contribution in [3.05, 3.63) is 21.3 Å². The van der Waals surface area contributed by atoms with Gasteiger partial charge in [-0.25, -0.2) is 0 Å². The largest absolute Gasteiger partial charge is 0.480 e. The minimum atomic E-state index is -0.962. The predicted octanol–water partition coefficient (Wildman–Crippen LogP) is 1.29. The molecule has 0 aliphatic carbocycles. The molecule has 1 aromatic heterocycles. The maximum Gasteiger partial charge on any atom is 0.320 e. The third-order valence-corrected chi connectivity index (χ3v) is 3.11. The van der Waals surface area contributed by atoms with E-state index in [1.807, 2.05) is 12.1 Å². The van der Waals surface area contributed by atoms with Gasteiger partial charge in [0.05, 0.1) is 4.34 Å². The summed E-state index contributed by atoms with van der Waals surface area (Å²) in [5.41, 5.74) is 5.34. The molecule has 0 bridgehead atoms. The molecule has 0 aromatic carbocycles. The molecule has 0 amide bonds. The van der Waals surface area contributed by atoms with Crippen molar-refractivity contribution in [2.75, 3.05) is 6.54 Å². The van der Waals surface area contributed by atoms with E-state index in [0.717, 1.165) is 9.21 Å². The van der Waals surface area contributed by atoms with E-state index in [2.05, 4.69) is 5.32 Å². The van der Waals surface area contributed by atoms with Crippen molar-refractivity contribution in [1.29, 1.82) is 0 Å². The van der Waals surface area contributed by atoms with Gasteiger partial charge in [-0.05, 0) is 25.1 Å². The number of carboxylic acids is 1. The summed E-state index contributed by atoms with van der Waals surface area (Å²) in [6.45, 7) is 1.28. The molecule has 1 heterocycles. The smallest absolute Gasteiger partial charge is 0.320 e. The Bertz CT molecular complexity index is 330. The summed E-state index contributed by atoms with van der Waals surface area (Å²) in [4.78, 5) is 11.5. The number of aliphatic carboxylic acids is 1. The number of rotatable bonds is 6. The van der Waals surface area contributed by atoms with E-state index in [1.165, 1.54) is 11.3 Å². The van der Waals surface area contributed by atoms with Gasteiger partial charge >= 0.3 is 5.97 Å². The quantitative estimate of drug-likeness (QED) is 0.664. The Morgan fingerprint density at radius 3 is 2.93 bits per heavy atom. The van der Waals surface area contributed by atoms with Gasteiger partial charge in [-0.2, -0.15) is 0 Å². The van der Waals surface area contributed by atoms with E-state index in [4.69, 9.17) is 22.4 Å². The molecule has 4 N–H and O–H groups in total. The second kappa shape index (κ2) is 6.07.